The third-order valence-electron chi connectivity index (χ3n) is 2.44. The van der Waals surface area contributed by atoms with E-state index in [0.717, 1.165) is 12.8 Å². The maximum atomic E-state index is 11.4. The lowest BCUT2D eigenvalue weighted by atomic mass is 9.94. The third-order valence-corrected chi connectivity index (χ3v) is 2.44. The second-order valence-electron chi connectivity index (χ2n) is 4.68. The van der Waals surface area contributed by atoms with E-state index in [0.29, 0.717) is 13.1 Å². The fourth-order valence-electron chi connectivity index (χ4n) is 1.30. The zero-order chi connectivity index (χ0) is 13.3. The van der Waals surface area contributed by atoms with E-state index in [1.165, 1.54) is 7.11 Å². The van der Waals surface area contributed by atoms with E-state index in [9.17, 15) is 9.59 Å². The summed E-state index contributed by atoms with van der Waals surface area (Å²) in [4.78, 5) is 22.7. The van der Waals surface area contributed by atoms with Gasteiger partial charge in [-0.05, 0) is 20.3 Å². The van der Waals surface area contributed by atoms with Crippen LogP contribution in [-0.2, 0) is 14.3 Å². The van der Waals surface area contributed by atoms with E-state index in [1.54, 1.807) is 13.8 Å². The summed E-state index contributed by atoms with van der Waals surface area (Å²) in [5.41, 5.74) is -0.613. The standard InChI is InChI=1S/C12H24N2O3/c1-5-6-7-14-10(15)8-13-9-12(2,3)11(16)17-4/h13H,5-9H2,1-4H3,(H,14,15). The zero-order valence-corrected chi connectivity index (χ0v) is 11.3. The monoisotopic (exact) mass is 244 g/mol. The highest BCUT2D eigenvalue weighted by atomic mass is 16.5. The van der Waals surface area contributed by atoms with Crippen LogP contribution in [0.2, 0.25) is 0 Å². The molecule has 0 atom stereocenters. The molecule has 0 saturated carbocycles. The number of esters is 1. The van der Waals surface area contributed by atoms with Gasteiger partial charge >= 0.3 is 5.97 Å². The highest BCUT2D eigenvalue weighted by molar-refractivity contribution is 5.78. The van der Waals surface area contributed by atoms with Crippen LogP contribution in [0, 0.1) is 5.41 Å². The van der Waals surface area contributed by atoms with Crippen LogP contribution in [-0.4, -0.2) is 38.6 Å². The van der Waals surface area contributed by atoms with Gasteiger partial charge in [0.25, 0.3) is 0 Å². The first-order valence-corrected chi connectivity index (χ1v) is 6.00. The smallest absolute Gasteiger partial charge is 0.312 e. The molecule has 17 heavy (non-hydrogen) atoms. The van der Waals surface area contributed by atoms with Crippen LogP contribution in [0.25, 0.3) is 0 Å². The fourth-order valence-corrected chi connectivity index (χ4v) is 1.30. The first-order chi connectivity index (χ1) is 7.94. The van der Waals surface area contributed by atoms with Crippen molar-refractivity contribution in [2.75, 3.05) is 26.7 Å². The number of carbonyl (C=O) groups is 2. The first kappa shape index (κ1) is 15.9. The van der Waals surface area contributed by atoms with E-state index in [1.807, 2.05) is 0 Å². The normalized spacial score (nSPS) is 11.1. The number of methoxy groups -OCH3 is 1. The number of hydrogen-bond acceptors (Lipinski definition) is 4. The summed E-state index contributed by atoms with van der Waals surface area (Å²) in [6.07, 6.45) is 2.04. The SMILES string of the molecule is CCCCNC(=O)CNCC(C)(C)C(=O)OC. The molecule has 0 aromatic rings. The van der Waals surface area contributed by atoms with Gasteiger partial charge < -0.3 is 15.4 Å². The van der Waals surface area contributed by atoms with E-state index < -0.39 is 5.41 Å². The third kappa shape index (κ3) is 6.94. The highest BCUT2D eigenvalue weighted by Crippen LogP contribution is 2.14. The number of carbonyl (C=O) groups excluding carboxylic acids is 2. The Morgan fingerprint density at radius 3 is 2.47 bits per heavy atom. The largest absolute Gasteiger partial charge is 0.469 e. The van der Waals surface area contributed by atoms with Crippen LogP contribution in [0.15, 0.2) is 0 Å². The van der Waals surface area contributed by atoms with E-state index in [-0.39, 0.29) is 18.4 Å². The predicted molar refractivity (Wildman–Crippen MR) is 66.6 cm³/mol. The number of amides is 1. The molecule has 0 bridgehead atoms. The lowest BCUT2D eigenvalue weighted by molar-refractivity contribution is -0.150. The van der Waals surface area contributed by atoms with Gasteiger partial charge in [-0.1, -0.05) is 13.3 Å². The highest BCUT2D eigenvalue weighted by Gasteiger charge is 2.28. The Balaban J connectivity index is 3.75. The van der Waals surface area contributed by atoms with Crippen LogP contribution < -0.4 is 10.6 Å². The summed E-state index contributed by atoms with van der Waals surface area (Å²) in [7, 11) is 1.36. The van der Waals surface area contributed by atoms with Crippen molar-refractivity contribution in [1.82, 2.24) is 10.6 Å². The number of ether oxygens (including phenoxy) is 1. The van der Waals surface area contributed by atoms with Crippen molar-refractivity contribution in [3.63, 3.8) is 0 Å². The minimum Gasteiger partial charge on any atom is -0.469 e. The molecule has 0 fully saturated rings. The molecule has 0 rings (SSSR count). The van der Waals surface area contributed by atoms with Crippen LogP contribution in [0.3, 0.4) is 0 Å². The minimum atomic E-state index is -0.613. The molecule has 2 N–H and O–H groups in total. The molecule has 0 heterocycles. The molecule has 0 saturated heterocycles. The molecular weight excluding hydrogens is 220 g/mol. The molecule has 0 aliphatic heterocycles. The van der Waals surface area contributed by atoms with Gasteiger partial charge in [-0.3, -0.25) is 9.59 Å². The lowest BCUT2D eigenvalue weighted by Gasteiger charge is -2.21. The van der Waals surface area contributed by atoms with Crippen LogP contribution in [0.4, 0.5) is 0 Å². The second-order valence-corrected chi connectivity index (χ2v) is 4.68. The maximum Gasteiger partial charge on any atom is 0.312 e. The summed E-state index contributed by atoms with van der Waals surface area (Å²) in [6, 6.07) is 0. The number of rotatable bonds is 8. The summed E-state index contributed by atoms with van der Waals surface area (Å²) < 4.78 is 4.67. The molecule has 0 spiro atoms. The van der Waals surface area contributed by atoms with Gasteiger partial charge in [0.15, 0.2) is 0 Å². The Morgan fingerprint density at radius 1 is 1.29 bits per heavy atom. The van der Waals surface area contributed by atoms with Gasteiger partial charge in [-0.15, -0.1) is 0 Å². The fraction of sp³-hybridized carbons (Fsp3) is 0.833. The average Bonchev–Trinajstić information content (AvgIpc) is 2.28. The number of hydrogen-bond donors (Lipinski definition) is 2. The topological polar surface area (TPSA) is 67.4 Å². The first-order valence-electron chi connectivity index (χ1n) is 6.00. The molecular formula is C12H24N2O3. The molecule has 1 amide bonds. The van der Waals surface area contributed by atoms with Crippen LogP contribution in [0.1, 0.15) is 33.6 Å². The van der Waals surface area contributed by atoms with Crippen LogP contribution >= 0.6 is 0 Å². The van der Waals surface area contributed by atoms with Crippen molar-refractivity contribution >= 4 is 11.9 Å². The Kier molecular flexibility index (Phi) is 7.54. The molecule has 5 nitrogen and oxygen atoms in total. The summed E-state index contributed by atoms with van der Waals surface area (Å²) in [5.74, 6) is -0.324. The van der Waals surface area contributed by atoms with Crippen molar-refractivity contribution < 1.29 is 14.3 Å². The molecule has 0 unspecified atom stereocenters. The molecule has 0 aromatic carbocycles. The van der Waals surface area contributed by atoms with Gasteiger partial charge in [0.05, 0.1) is 19.1 Å². The quantitative estimate of drug-likeness (QED) is 0.487. The van der Waals surface area contributed by atoms with Crippen molar-refractivity contribution in [3.8, 4) is 0 Å². The summed E-state index contributed by atoms with van der Waals surface area (Å²) in [5, 5.41) is 5.75. The minimum absolute atomic E-state index is 0.0425. The van der Waals surface area contributed by atoms with E-state index in [2.05, 4.69) is 22.3 Å². The van der Waals surface area contributed by atoms with Gasteiger partial charge in [-0.25, -0.2) is 0 Å². The number of unbranched alkanes of at least 4 members (excludes halogenated alkanes) is 1. The lowest BCUT2D eigenvalue weighted by Crippen LogP contribution is -2.41. The summed E-state index contributed by atoms with van der Waals surface area (Å²) >= 11 is 0. The molecule has 0 radical (unpaired) electrons. The molecule has 5 heteroatoms. The molecule has 0 aromatic heterocycles. The average molecular weight is 244 g/mol. The maximum absolute atomic E-state index is 11.4. The van der Waals surface area contributed by atoms with Gasteiger partial charge in [0.1, 0.15) is 0 Å². The van der Waals surface area contributed by atoms with Gasteiger partial charge in [0.2, 0.25) is 5.91 Å². The van der Waals surface area contributed by atoms with Crippen molar-refractivity contribution in [2.45, 2.75) is 33.6 Å². The Labute approximate surface area is 103 Å². The van der Waals surface area contributed by atoms with Crippen molar-refractivity contribution in [3.05, 3.63) is 0 Å². The van der Waals surface area contributed by atoms with Gasteiger partial charge in [0, 0.05) is 13.1 Å². The second kappa shape index (κ2) is 8.06. The van der Waals surface area contributed by atoms with E-state index >= 15 is 0 Å². The molecule has 0 aliphatic rings. The van der Waals surface area contributed by atoms with E-state index in [4.69, 9.17) is 0 Å². The number of nitrogens with one attached hydrogen (secondary N) is 2. The molecule has 100 valence electrons. The van der Waals surface area contributed by atoms with Gasteiger partial charge in [-0.2, -0.15) is 0 Å². The Morgan fingerprint density at radius 2 is 1.94 bits per heavy atom. The molecule has 0 aliphatic carbocycles. The summed E-state index contributed by atoms with van der Waals surface area (Å²) in [6.45, 7) is 6.98. The predicted octanol–water partition coefficient (Wildman–Crippen LogP) is 0.692. The van der Waals surface area contributed by atoms with Crippen LogP contribution in [0.5, 0.6) is 0 Å². The Bertz CT molecular complexity index is 252. The van der Waals surface area contributed by atoms with Crippen molar-refractivity contribution in [1.29, 1.82) is 0 Å². The zero-order valence-electron chi connectivity index (χ0n) is 11.3. The van der Waals surface area contributed by atoms with Crippen molar-refractivity contribution in [2.24, 2.45) is 5.41 Å². The Hall–Kier alpha value is -1.10.